The first kappa shape index (κ1) is 11.8. The lowest BCUT2D eigenvalue weighted by Gasteiger charge is -2.10. The van der Waals surface area contributed by atoms with E-state index in [4.69, 9.17) is 0 Å². The van der Waals surface area contributed by atoms with Crippen LogP contribution in [0.15, 0.2) is 28.3 Å². The number of aromatic nitrogens is 1. The Kier molecular flexibility index (Phi) is 3.42. The van der Waals surface area contributed by atoms with Crippen molar-refractivity contribution in [1.82, 2.24) is 4.98 Å². The van der Waals surface area contributed by atoms with Crippen LogP contribution in [-0.2, 0) is 0 Å². The third kappa shape index (κ3) is 2.19. The molecule has 1 unspecified atom stereocenters. The normalized spacial score (nSPS) is 12.8. The molecule has 1 N–H and O–H groups in total. The van der Waals surface area contributed by atoms with Gasteiger partial charge >= 0.3 is 0 Å². The fraction of sp³-hybridized carbons (Fsp3) is 0.250. The van der Waals surface area contributed by atoms with E-state index in [9.17, 15) is 5.11 Å². The van der Waals surface area contributed by atoms with Gasteiger partial charge in [-0.15, -0.1) is 11.3 Å². The van der Waals surface area contributed by atoms with E-state index >= 15 is 0 Å². The Morgan fingerprint density at radius 3 is 2.69 bits per heavy atom. The highest BCUT2D eigenvalue weighted by Crippen LogP contribution is 2.34. The van der Waals surface area contributed by atoms with Crippen molar-refractivity contribution in [3.05, 3.63) is 49.9 Å². The standard InChI is InChI=1S/C12H12BrNOS/c1-7-3-4-14-6-9(7)11(15)10-5-8(2)12(13)16-10/h3-6,11,15H,1-2H3. The van der Waals surface area contributed by atoms with Crippen LogP contribution in [0.4, 0.5) is 0 Å². The van der Waals surface area contributed by atoms with Crippen molar-refractivity contribution in [1.29, 1.82) is 0 Å². The lowest BCUT2D eigenvalue weighted by molar-refractivity contribution is 0.223. The smallest absolute Gasteiger partial charge is 0.115 e. The number of nitrogens with zero attached hydrogens (tertiary/aromatic N) is 1. The Morgan fingerprint density at radius 2 is 2.12 bits per heavy atom. The Bertz CT molecular complexity index is 490. The van der Waals surface area contributed by atoms with E-state index in [-0.39, 0.29) is 0 Å². The van der Waals surface area contributed by atoms with E-state index in [1.807, 2.05) is 26.0 Å². The van der Waals surface area contributed by atoms with Crippen LogP contribution in [0.5, 0.6) is 0 Å². The molecule has 84 valence electrons. The summed E-state index contributed by atoms with van der Waals surface area (Å²) in [6.07, 6.45) is 2.88. The van der Waals surface area contributed by atoms with Crippen molar-refractivity contribution in [3.8, 4) is 0 Å². The molecular weight excluding hydrogens is 286 g/mol. The fourth-order valence-electron chi connectivity index (χ4n) is 1.53. The summed E-state index contributed by atoms with van der Waals surface area (Å²) in [6, 6.07) is 3.92. The predicted octanol–water partition coefficient (Wildman–Crippen LogP) is 3.60. The zero-order chi connectivity index (χ0) is 11.7. The van der Waals surface area contributed by atoms with Crippen molar-refractivity contribution in [2.45, 2.75) is 20.0 Å². The van der Waals surface area contributed by atoms with E-state index < -0.39 is 6.10 Å². The minimum atomic E-state index is -0.580. The van der Waals surface area contributed by atoms with Crippen molar-refractivity contribution in [2.75, 3.05) is 0 Å². The Morgan fingerprint density at radius 1 is 1.38 bits per heavy atom. The first-order valence-corrected chi connectivity index (χ1v) is 6.55. The van der Waals surface area contributed by atoms with Crippen molar-refractivity contribution in [3.63, 3.8) is 0 Å². The van der Waals surface area contributed by atoms with Gasteiger partial charge in [0.15, 0.2) is 0 Å². The summed E-state index contributed by atoms with van der Waals surface area (Å²) in [7, 11) is 0. The predicted molar refractivity (Wildman–Crippen MR) is 69.8 cm³/mol. The first-order valence-electron chi connectivity index (χ1n) is 4.94. The van der Waals surface area contributed by atoms with Crippen LogP contribution in [-0.4, -0.2) is 10.1 Å². The molecule has 0 saturated heterocycles. The molecule has 0 aromatic carbocycles. The lowest BCUT2D eigenvalue weighted by Crippen LogP contribution is -2.00. The van der Waals surface area contributed by atoms with E-state index in [1.165, 1.54) is 0 Å². The molecule has 4 heteroatoms. The first-order chi connectivity index (χ1) is 7.59. The average molecular weight is 298 g/mol. The second-order valence-corrected chi connectivity index (χ2v) is 6.14. The molecule has 1 atom stereocenters. The Hall–Kier alpha value is -0.710. The molecule has 0 saturated carbocycles. The summed E-state index contributed by atoms with van der Waals surface area (Å²) < 4.78 is 1.07. The lowest BCUT2D eigenvalue weighted by atomic mass is 10.1. The van der Waals surface area contributed by atoms with Crippen LogP contribution in [0, 0.1) is 13.8 Å². The number of pyridine rings is 1. The number of halogens is 1. The molecule has 2 aromatic heterocycles. The van der Waals surface area contributed by atoms with Gasteiger partial charge in [0.05, 0.1) is 3.79 Å². The van der Waals surface area contributed by atoms with Crippen molar-refractivity contribution in [2.24, 2.45) is 0 Å². The molecule has 0 amide bonds. The van der Waals surface area contributed by atoms with Gasteiger partial charge in [-0.1, -0.05) is 0 Å². The molecule has 2 nitrogen and oxygen atoms in total. The van der Waals surface area contributed by atoms with Crippen LogP contribution in [0.3, 0.4) is 0 Å². The topological polar surface area (TPSA) is 33.1 Å². The average Bonchev–Trinajstić information content (AvgIpc) is 2.59. The van der Waals surface area contributed by atoms with Crippen LogP contribution in [0.2, 0.25) is 0 Å². The van der Waals surface area contributed by atoms with Crippen molar-refractivity contribution < 1.29 is 5.11 Å². The summed E-state index contributed by atoms with van der Waals surface area (Å²) in [6.45, 7) is 4.00. The minimum Gasteiger partial charge on any atom is -0.383 e. The summed E-state index contributed by atoms with van der Waals surface area (Å²) in [5.41, 5.74) is 3.08. The molecule has 0 aliphatic heterocycles. The summed E-state index contributed by atoms with van der Waals surface area (Å²) in [5, 5.41) is 10.3. The van der Waals surface area contributed by atoms with E-state index in [1.54, 1.807) is 23.7 Å². The van der Waals surface area contributed by atoms with Crippen LogP contribution in [0.1, 0.15) is 27.7 Å². The molecule has 2 aromatic rings. The maximum absolute atomic E-state index is 10.3. The molecule has 0 spiro atoms. The van der Waals surface area contributed by atoms with Crippen LogP contribution < -0.4 is 0 Å². The summed E-state index contributed by atoms with van der Waals surface area (Å²) in [4.78, 5) is 5.00. The van der Waals surface area contributed by atoms with E-state index in [0.29, 0.717) is 0 Å². The van der Waals surface area contributed by atoms with E-state index in [2.05, 4.69) is 20.9 Å². The summed E-state index contributed by atoms with van der Waals surface area (Å²) >= 11 is 5.03. The fourth-order valence-corrected chi connectivity index (χ4v) is 3.11. The number of rotatable bonds is 2. The number of hydrogen-bond acceptors (Lipinski definition) is 3. The van der Waals surface area contributed by atoms with E-state index in [0.717, 1.165) is 25.4 Å². The quantitative estimate of drug-likeness (QED) is 0.919. The SMILES string of the molecule is Cc1ccncc1C(O)c1cc(C)c(Br)s1. The Labute approximate surface area is 107 Å². The molecule has 0 aliphatic carbocycles. The highest BCUT2D eigenvalue weighted by molar-refractivity contribution is 9.11. The second-order valence-electron chi connectivity index (χ2n) is 3.74. The van der Waals surface area contributed by atoms with Gasteiger partial charge < -0.3 is 5.11 Å². The van der Waals surface area contributed by atoms with Crippen LogP contribution >= 0.6 is 27.3 Å². The molecular formula is C12H12BrNOS. The van der Waals surface area contributed by atoms with Gasteiger partial charge in [-0.25, -0.2) is 0 Å². The zero-order valence-corrected chi connectivity index (χ0v) is 11.5. The number of aliphatic hydroxyl groups is 1. The maximum Gasteiger partial charge on any atom is 0.115 e. The molecule has 0 bridgehead atoms. The van der Waals surface area contributed by atoms with Gasteiger partial charge in [-0.05, 0) is 53.0 Å². The molecule has 2 rings (SSSR count). The largest absolute Gasteiger partial charge is 0.383 e. The minimum absolute atomic E-state index is 0.580. The van der Waals surface area contributed by atoms with Gasteiger partial charge in [0.2, 0.25) is 0 Å². The zero-order valence-electron chi connectivity index (χ0n) is 9.07. The van der Waals surface area contributed by atoms with Gasteiger partial charge in [0, 0.05) is 22.8 Å². The molecule has 2 heterocycles. The Balaban J connectivity index is 2.39. The summed E-state index contributed by atoms with van der Waals surface area (Å²) in [5.74, 6) is 0. The third-order valence-electron chi connectivity index (χ3n) is 2.52. The van der Waals surface area contributed by atoms with Gasteiger partial charge in [0.25, 0.3) is 0 Å². The highest BCUT2D eigenvalue weighted by atomic mass is 79.9. The number of thiophene rings is 1. The van der Waals surface area contributed by atoms with Crippen molar-refractivity contribution >= 4 is 27.3 Å². The van der Waals surface area contributed by atoms with Gasteiger partial charge in [-0.3, -0.25) is 4.98 Å². The molecule has 16 heavy (non-hydrogen) atoms. The second kappa shape index (κ2) is 4.65. The number of aliphatic hydroxyl groups excluding tert-OH is 1. The molecule has 0 radical (unpaired) electrons. The number of aryl methyl sites for hydroxylation is 2. The highest BCUT2D eigenvalue weighted by Gasteiger charge is 2.16. The maximum atomic E-state index is 10.3. The molecule has 0 aliphatic rings. The van der Waals surface area contributed by atoms with Gasteiger partial charge in [-0.2, -0.15) is 0 Å². The monoisotopic (exact) mass is 297 g/mol. The van der Waals surface area contributed by atoms with Crippen LogP contribution in [0.25, 0.3) is 0 Å². The molecule has 0 fully saturated rings. The number of hydrogen-bond donors (Lipinski definition) is 1. The third-order valence-corrected chi connectivity index (χ3v) is 4.71. The van der Waals surface area contributed by atoms with Gasteiger partial charge in [0.1, 0.15) is 6.10 Å².